The summed E-state index contributed by atoms with van der Waals surface area (Å²) in [5.74, 6) is -0.0364. The second kappa shape index (κ2) is 5.17. The number of nitriles is 1. The van der Waals surface area contributed by atoms with E-state index in [1.807, 2.05) is 19.9 Å². The van der Waals surface area contributed by atoms with Crippen LogP contribution in [0.3, 0.4) is 0 Å². The van der Waals surface area contributed by atoms with E-state index in [2.05, 4.69) is 0 Å². The van der Waals surface area contributed by atoms with Gasteiger partial charge in [-0.1, -0.05) is 13.8 Å². The van der Waals surface area contributed by atoms with Crippen molar-refractivity contribution in [3.63, 3.8) is 0 Å². The SMILES string of the molecule is CC(C)C1Oc2ccc([N+](=O)[O-])cc2N(CC#N)C1=O. The summed E-state index contributed by atoms with van der Waals surface area (Å²) in [5.41, 5.74) is 0.119. The van der Waals surface area contributed by atoms with E-state index < -0.39 is 11.0 Å². The molecule has 2 rings (SSSR count). The molecule has 1 amide bonds. The lowest BCUT2D eigenvalue weighted by molar-refractivity contribution is -0.384. The molecule has 0 fully saturated rings. The van der Waals surface area contributed by atoms with Crippen LogP contribution in [0, 0.1) is 27.4 Å². The predicted molar refractivity (Wildman–Crippen MR) is 70.3 cm³/mol. The van der Waals surface area contributed by atoms with E-state index in [0.29, 0.717) is 5.75 Å². The van der Waals surface area contributed by atoms with Crippen LogP contribution in [-0.4, -0.2) is 23.5 Å². The molecule has 0 N–H and O–H groups in total. The molecular weight excluding hydrogens is 262 g/mol. The molecule has 7 nitrogen and oxygen atoms in total. The molecule has 1 unspecified atom stereocenters. The standard InChI is InChI=1S/C13H13N3O4/c1-8(2)12-13(17)15(6-5-14)10-7-9(16(18)19)3-4-11(10)20-12/h3-4,7-8,12H,6H2,1-2H3. The molecule has 0 saturated carbocycles. The van der Waals surface area contributed by atoms with Gasteiger partial charge in [0.1, 0.15) is 12.3 Å². The number of ether oxygens (including phenoxy) is 1. The molecule has 104 valence electrons. The van der Waals surface area contributed by atoms with Crippen molar-refractivity contribution in [3.05, 3.63) is 28.3 Å². The molecular formula is C13H13N3O4. The Bertz CT molecular complexity index is 606. The Balaban J connectivity index is 2.51. The first-order chi connectivity index (χ1) is 9.45. The summed E-state index contributed by atoms with van der Waals surface area (Å²) in [4.78, 5) is 23.8. The van der Waals surface area contributed by atoms with Crippen molar-refractivity contribution >= 4 is 17.3 Å². The second-order valence-corrected chi connectivity index (χ2v) is 4.77. The summed E-state index contributed by atoms with van der Waals surface area (Å²) in [6, 6.07) is 5.92. The van der Waals surface area contributed by atoms with Gasteiger partial charge in [0.25, 0.3) is 11.6 Å². The Kier molecular flexibility index (Phi) is 3.57. The van der Waals surface area contributed by atoms with E-state index in [-0.39, 0.29) is 29.7 Å². The maximum Gasteiger partial charge on any atom is 0.271 e. The number of nitro groups is 1. The summed E-state index contributed by atoms with van der Waals surface area (Å²) in [6.45, 7) is 3.51. The molecule has 0 spiro atoms. The molecule has 1 heterocycles. The predicted octanol–water partition coefficient (Wildman–Crippen LogP) is 1.87. The Hall–Kier alpha value is -2.62. The summed E-state index contributed by atoms with van der Waals surface area (Å²) in [7, 11) is 0. The topological polar surface area (TPSA) is 96.5 Å². The fraction of sp³-hybridized carbons (Fsp3) is 0.385. The highest BCUT2D eigenvalue weighted by molar-refractivity contribution is 6.00. The Morgan fingerprint density at radius 3 is 2.80 bits per heavy atom. The van der Waals surface area contributed by atoms with Crippen LogP contribution < -0.4 is 9.64 Å². The number of nitrogens with zero attached hydrogens (tertiary/aromatic N) is 3. The number of rotatable bonds is 3. The zero-order chi connectivity index (χ0) is 14.9. The van der Waals surface area contributed by atoms with E-state index in [1.165, 1.54) is 23.1 Å². The van der Waals surface area contributed by atoms with Gasteiger partial charge in [-0.05, 0) is 12.0 Å². The van der Waals surface area contributed by atoms with Crippen molar-refractivity contribution < 1.29 is 14.5 Å². The highest BCUT2D eigenvalue weighted by Crippen LogP contribution is 2.37. The molecule has 0 radical (unpaired) electrons. The first-order valence-corrected chi connectivity index (χ1v) is 6.09. The van der Waals surface area contributed by atoms with Crippen LogP contribution in [0.5, 0.6) is 5.75 Å². The Morgan fingerprint density at radius 1 is 1.55 bits per heavy atom. The molecule has 0 bridgehead atoms. The lowest BCUT2D eigenvalue weighted by Gasteiger charge is -2.34. The van der Waals surface area contributed by atoms with E-state index >= 15 is 0 Å². The molecule has 1 atom stereocenters. The third kappa shape index (κ3) is 2.28. The fourth-order valence-electron chi connectivity index (χ4n) is 2.04. The molecule has 1 aliphatic heterocycles. The third-order valence-corrected chi connectivity index (χ3v) is 3.04. The first-order valence-electron chi connectivity index (χ1n) is 6.09. The van der Waals surface area contributed by atoms with E-state index in [4.69, 9.17) is 10.00 Å². The van der Waals surface area contributed by atoms with Crippen LogP contribution in [0.25, 0.3) is 0 Å². The normalized spacial score (nSPS) is 17.4. The number of benzene rings is 1. The molecule has 0 aromatic heterocycles. The maximum atomic E-state index is 12.3. The van der Waals surface area contributed by atoms with E-state index in [9.17, 15) is 14.9 Å². The van der Waals surface area contributed by atoms with E-state index in [1.54, 1.807) is 0 Å². The quantitative estimate of drug-likeness (QED) is 0.476. The zero-order valence-electron chi connectivity index (χ0n) is 11.1. The van der Waals surface area contributed by atoms with Gasteiger partial charge in [0, 0.05) is 12.1 Å². The number of hydrogen-bond donors (Lipinski definition) is 0. The van der Waals surface area contributed by atoms with Gasteiger partial charge in [0.05, 0.1) is 16.7 Å². The van der Waals surface area contributed by atoms with Crippen LogP contribution in [0.2, 0.25) is 0 Å². The monoisotopic (exact) mass is 275 g/mol. The minimum atomic E-state index is -0.683. The van der Waals surface area contributed by atoms with Crippen molar-refractivity contribution in [1.82, 2.24) is 0 Å². The molecule has 7 heteroatoms. The summed E-state index contributed by atoms with van der Waals surface area (Å²) < 4.78 is 5.59. The number of carbonyl (C=O) groups excluding carboxylic acids is 1. The van der Waals surface area contributed by atoms with Gasteiger partial charge >= 0.3 is 0 Å². The minimum Gasteiger partial charge on any atom is -0.478 e. The first kappa shape index (κ1) is 13.8. The number of non-ortho nitro benzene ring substituents is 1. The second-order valence-electron chi connectivity index (χ2n) is 4.77. The summed E-state index contributed by atoms with van der Waals surface area (Å²) >= 11 is 0. The van der Waals surface area contributed by atoms with Gasteiger partial charge in [0.15, 0.2) is 6.10 Å². The van der Waals surface area contributed by atoms with Crippen molar-refractivity contribution in [3.8, 4) is 11.8 Å². The van der Waals surface area contributed by atoms with Crippen molar-refractivity contribution in [2.45, 2.75) is 20.0 Å². The zero-order valence-corrected chi connectivity index (χ0v) is 11.1. The molecule has 1 aromatic rings. The van der Waals surface area contributed by atoms with Gasteiger partial charge in [-0.3, -0.25) is 19.8 Å². The summed E-state index contributed by atoms with van der Waals surface area (Å²) in [5, 5.41) is 19.6. The van der Waals surface area contributed by atoms with Crippen molar-refractivity contribution in [2.75, 3.05) is 11.4 Å². The molecule has 0 aliphatic carbocycles. The molecule has 1 aromatic carbocycles. The minimum absolute atomic E-state index is 0.0629. The Morgan fingerprint density at radius 2 is 2.25 bits per heavy atom. The average molecular weight is 275 g/mol. The average Bonchev–Trinajstić information content (AvgIpc) is 2.40. The van der Waals surface area contributed by atoms with Crippen LogP contribution in [0.1, 0.15) is 13.8 Å². The lowest BCUT2D eigenvalue weighted by Crippen LogP contribution is -2.48. The highest BCUT2D eigenvalue weighted by Gasteiger charge is 2.37. The number of nitro benzene ring substituents is 1. The van der Waals surface area contributed by atoms with E-state index in [0.717, 1.165) is 0 Å². The molecule has 0 saturated heterocycles. The van der Waals surface area contributed by atoms with Gasteiger partial charge in [0.2, 0.25) is 0 Å². The molecule has 1 aliphatic rings. The summed E-state index contributed by atoms with van der Waals surface area (Å²) in [6.07, 6.45) is -0.683. The van der Waals surface area contributed by atoms with Gasteiger partial charge in [-0.25, -0.2) is 0 Å². The van der Waals surface area contributed by atoms with Crippen LogP contribution >= 0.6 is 0 Å². The number of anilines is 1. The van der Waals surface area contributed by atoms with Crippen LogP contribution in [0.15, 0.2) is 18.2 Å². The van der Waals surface area contributed by atoms with Gasteiger partial charge < -0.3 is 4.74 Å². The molecule has 20 heavy (non-hydrogen) atoms. The van der Waals surface area contributed by atoms with Gasteiger partial charge in [-0.15, -0.1) is 0 Å². The van der Waals surface area contributed by atoms with Crippen molar-refractivity contribution in [1.29, 1.82) is 5.26 Å². The smallest absolute Gasteiger partial charge is 0.271 e. The number of hydrogen-bond acceptors (Lipinski definition) is 5. The van der Waals surface area contributed by atoms with Gasteiger partial charge in [-0.2, -0.15) is 5.26 Å². The number of amides is 1. The fourth-order valence-corrected chi connectivity index (χ4v) is 2.04. The number of fused-ring (bicyclic) bond motifs is 1. The van der Waals surface area contributed by atoms with Crippen LogP contribution in [0.4, 0.5) is 11.4 Å². The van der Waals surface area contributed by atoms with Crippen LogP contribution in [-0.2, 0) is 4.79 Å². The lowest BCUT2D eigenvalue weighted by atomic mass is 10.0. The maximum absolute atomic E-state index is 12.3. The third-order valence-electron chi connectivity index (χ3n) is 3.04. The Labute approximate surface area is 115 Å². The largest absolute Gasteiger partial charge is 0.478 e. The van der Waals surface area contributed by atoms with Crippen molar-refractivity contribution in [2.24, 2.45) is 5.92 Å². The number of carbonyl (C=O) groups is 1. The highest BCUT2D eigenvalue weighted by atomic mass is 16.6.